The van der Waals surface area contributed by atoms with Gasteiger partial charge >= 0.3 is 0 Å². The van der Waals surface area contributed by atoms with Crippen molar-refractivity contribution >= 4 is 81.9 Å². The second kappa shape index (κ2) is 6.43. The number of thiophene rings is 2. The van der Waals surface area contributed by atoms with E-state index in [2.05, 4.69) is 97.8 Å². The molecule has 4 aromatic carbocycles. The summed E-state index contributed by atoms with van der Waals surface area (Å²) >= 11 is 3.85. The molecule has 0 aliphatic rings. The van der Waals surface area contributed by atoms with E-state index in [0.717, 1.165) is 5.56 Å². The highest BCUT2D eigenvalue weighted by Crippen LogP contribution is 2.46. The Morgan fingerprint density at radius 3 is 1.83 bits per heavy atom. The molecule has 0 fully saturated rings. The number of rotatable bonds is 0. The molecule has 6 aromatic rings. The summed E-state index contributed by atoms with van der Waals surface area (Å²) in [6, 6.07) is 24.7. The van der Waals surface area contributed by atoms with Gasteiger partial charge in [-0.25, -0.2) is 0 Å². The SMILES string of the molecule is C[Si](C)(C)C#Cc1ccc2cc3c(cc2c1)sc1c2cc4ccccc4cc2sc31. The van der Waals surface area contributed by atoms with Crippen LogP contribution in [0, 0.1) is 11.5 Å². The van der Waals surface area contributed by atoms with Crippen molar-refractivity contribution in [2.75, 3.05) is 0 Å². The van der Waals surface area contributed by atoms with Crippen LogP contribution in [0.2, 0.25) is 19.6 Å². The van der Waals surface area contributed by atoms with Gasteiger partial charge in [-0.15, -0.1) is 28.2 Å². The van der Waals surface area contributed by atoms with E-state index in [0.29, 0.717) is 0 Å². The summed E-state index contributed by atoms with van der Waals surface area (Å²) in [5.41, 5.74) is 4.61. The third kappa shape index (κ3) is 2.95. The van der Waals surface area contributed by atoms with E-state index in [4.69, 9.17) is 0 Å². The Balaban J connectivity index is 1.59. The van der Waals surface area contributed by atoms with Gasteiger partial charge in [0.05, 0.1) is 9.40 Å². The third-order valence-electron chi connectivity index (χ3n) is 5.49. The van der Waals surface area contributed by atoms with Crippen molar-refractivity contribution in [2.45, 2.75) is 19.6 Å². The van der Waals surface area contributed by atoms with Gasteiger partial charge in [-0.1, -0.05) is 55.9 Å². The minimum atomic E-state index is -1.37. The molecule has 30 heavy (non-hydrogen) atoms. The third-order valence-corrected chi connectivity index (χ3v) is 8.86. The first-order chi connectivity index (χ1) is 14.4. The topological polar surface area (TPSA) is 0 Å². The van der Waals surface area contributed by atoms with E-state index >= 15 is 0 Å². The second-order valence-corrected chi connectivity index (χ2v) is 15.8. The lowest BCUT2D eigenvalue weighted by molar-refractivity contribution is 1.72. The van der Waals surface area contributed by atoms with Crippen LogP contribution < -0.4 is 0 Å². The van der Waals surface area contributed by atoms with Crippen LogP contribution in [0.5, 0.6) is 0 Å². The zero-order valence-electron chi connectivity index (χ0n) is 17.2. The highest BCUT2D eigenvalue weighted by Gasteiger charge is 2.14. The molecule has 0 atom stereocenters. The minimum absolute atomic E-state index is 1.12. The molecule has 0 spiro atoms. The van der Waals surface area contributed by atoms with Crippen molar-refractivity contribution in [1.29, 1.82) is 0 Å². The van der Waals surface area contributed by atoms with Crippen LogP contribution >= 0.6 is 22.7 Å². The van der Waals surface area contributed by atoms with Gasteiger partial charge in [0.15, 0.2) is 0 Å². The van der Waals surface area contributed by atoms with Crippen molar-refractivity contribution in [3.8, 4) is 11.5 Å². The molecule has 3 heteroatoms. The lowest BCUT2D eigenvalue weighted by Gasteiger charge is -2.04. The van der Waals surface area contributed by atoms with Gasteiger partial charge < -0.3 is 0 Å². The molecular weight excluding hydrogens is 417 g/mol. The van der Waals surface area contributed by atoms with Gasteiger partial charge in [-0.2, -0.15) is 0 Å². The second-order valence-electron chi connectivity index (χ2n) is 8.97. The highest BCUT2D eigenvalue weighted by atomic mass is 32.1. The lowest BCUT2D eigenvalue weighted by atomic mass is 10.1. The molecule has 6 rings (SSSR count). The van der Waals surface area contributed by atoms with Crippen LogP contribution in [0.1, 0.15) is 5.56 Å². The van der Waals surface area contributed by atoms with Crippen molar-refractivity contribution < 1.29 is 0 Å². The molecule has 0 aliphatic carbocycles. The first kappa shape index (κ1) is 18.2. The van der Waals surface area contributed by atoms with E-state index in [1.807, 2.05) is 22.7 Å². The largest absolute Gasteiger partial charge is 0.134 e. The van der Waals surface area contributed by atoms with E-state index in [9.17, 15) is 0 Å². The quantitative estimate of drug-likeness (QED) is 0.165. The molecule has 0 saturated carbocycles. The number of hydrogen-bond donors (Lipinski definition) is 0. The van der Waals surface area contributed by atoms with Crippen molar-refractivity contribution in [3.63, 3.8) is 0 Å². The fourth-order valence-electron chi connectivity index (χ4n) is 4.02. The molecule has 0 radical (unpaired) electrons. The lowest BCUT2D eigenvalue weighted by Crippen LogP contribution is -2.16. The normalized spacial score (nSPS) is 12.2. The monoisotopic (exact) mass is 436 g/mol. The summed E-state index contributed by atoms with van der Waals surface area (Å²) in [6.45, 7) is 6.86. The number of hydrogen-bond acceptors (Lipinski definition) is 2. The maximum atomic E-state index is 3.49. The Hall–Kier alpha value is -2.64. The molecule has 144 valence electrons. The summed E-state index contributed by atoms with van der Waals surface area (Å²) < 4.78 is 5.60. The summed E-state index contributed by atoms with van der Waals surface area (Å²) in [5, 5.41) is 7.99. The average molecular weight is 437 g/mol. The van der Waals surface area contributed by atoms with Crippen LogP contribution in [0.25, 0.3) is 51.1 Å². The zero-order valence-corrected chi connectivity index (χ0v) is 19.8. The molecule has 0 unspecified atom stereocenters. The molecule has 0 N–H and O–H groups in total. The maximum absolute atomic E-state index is 3.49. The highest BCUT2D eigenvalue weighted by molar-refractivity contribution is 7.36. The van der Waals surface area contributed by atoms with Gasteiger partial charge in [-0.05, 0) is 57.9 Å². The van der Waals surface area contributed by atoms with Gasteiger partial charge in [0.25, 0.3) is 0 Å². The van der Waals surface area contributed by atoms with Crippen LogP contribution in [0.4, 0.5) is 0 Å². The predicted octanol–water partition coefficient (Wildman–Crippen LogP) is 8.80. The Bertz CT molecular complexity index is 1680. The fourth-order valence-corrected chi connectivity index (χ4v) is 7.24. The maximum Gasteiger partial charge on any atom is 0.129 e. The Kier molecular flexibility index (Phi) is 3.89. The van der Waals surface area contributed by atoms with Crippen molar-refractivity contribution in [1.82, 2.24) is 0 Å². The van der Waals surface area contributed by atoms with Crippen LogP contribution in [-0.4, -0.2) is 8.07 Å². The first-order valence-electron chi connectivity index (χ1n) is 10.2. The van der Waals surface area contributed by atoms with Crippen molar-refractivity contribution in [2.24, 2.45) is 0 Å². The Morgan fingerprint density at radius 2 is 1.20 bits per heavy atom. The average Bonchev–Trinajstić information content (AvgIpc) is 3.23. The van der Waals surface area contributed by atoms with E-state index in [1.165, 1.54) is 51.1 Å². The number of fused-ring (bicyclic) bond motifs is 7. The molecule has 0 nitrogen and oxygen atoms in total. The molecule has 0 saturated heterocycles. The standard InChI is InChI=1S/C27H20S2Si/c1-30(2,3)11-10-17-8-9-20-14-23-25(16-21(20)12-17)29-26-22-13-18-6-4-5-7-19(18)15-24(22)28-27(23)26/h4-9,12-16H,1-3H3. The Labute approximate surface area is 184 Å². The summed E-state index contributed by atoms with van der Waals surface area (Å²) in [5.74, 6) is 3.40. The Morgan fingerprint density at radius 1 is 0.633 bits per heavy atom. The number of benzene rings is 4. The molecule has 0 amide bonds. The summed E-state index contributed by atoms with van der Waals surface area (Å²) in [6.07, 6.45) is 0. The molecular formula is C27H20S2Si. The molecule has 0 aliphatic heterocycles. The first-order valence-corrected chi connectivity index (χ1v) is 15.3. The summed E-state index contributed by atoms with van der Waals surface area (Å²) in [4.78, 5) is 0. The minimum Gasteiger partial charge on any atom is -0.134 e. The van der Waals surface area contributed by atoms with Gasteiger partial charge in [0, 0.05) is 25.7 Å². The van der Waals surface area contributed by atoms with Gasteiger partial charge in [0.2, 0.25) is 0 Å². The molecule has 0 bridgehead atoms. The summed E-state index contributed by atoms with van der Waals surface area (Å²) in [7, 11) is -1.37. The molecule has 2 heterocycles. The van der Waals surface area contributed by atoms with E-state index in [-0.39, 0.29) is 0 Å². The smallest absolute Gasteiger partial charge is 0.129 e. The fraction of sp³-hybridized carbons (Fsp3) is 0.111. The van der Waals surface area contributed by atoms with E-state index in [1.54, 1.807) is 0 Å². The van der Waals surface area contributed by atoms with Gasteiger partial charge in [-0.3, -0.25) is 0 Å². The van der Waals surface area contributed by atoms with Crippen LogP contribution in [0.15, 0.2) is 66.7 Å². The van der Waals surface area contributed by atoms with Crippen molar-refractivity contribution in [3.05, 3.63) is 72.3 Å². The van der Waals surface area contributed by atoms with Crippen LogP contribution in [0.3, 0.4) is 0 Å². The predicted molar refractivity (Wildman–Crippen MR) is 140 cm³/mol. The zero-order chi connectivity index (χ0) is 20.5. The van der Waals surface area contributed by atoms with Gasteiger partial charge in [0.1, 0.15) is 8.07 Å². The molecule has 2 aromatic heterocycles. The van der Waals surface area contributed by atoms with Crippen LogP contribution in [-0.2, 0) is 0 Å². The van der Waals surface area contributed by atoms with E-state index < -0.39 is 8.07 Å².